The number of pyridine rings is 1. The van der Waals surface area contributed by atoms with Crippen LogP contribution in [0.25, 0.3) is 0 Å². The van der Waals surface area contributed by atoms with Gasteiger partial charge in [-0.25, -0.2) is 4.79 Å². The van der Waals surface area contributed by atoms with E-state index in [-0.39, 0.29) is 29.3 Å². The standard InChI is InChI=1S/C25H27N5O3/c1-28-11-5-6-19(28)13-26-24(32)20-7-2-3-8-21(20)27-25(33)29-14-17-12-18(16-29)22-9-4-10-23(31)30(22)15-17/h2-11,17-18H,12-16H2,1H3,(H,26,32)(H,27,33). The maximum atomic E-state index is 13.2. The number of piperidine rings is 1. The number of carbonyl (C=O) groups is 2. The number of urea groups is 1. The number of para-hydroxylation sites is 1. The highest BCUT2D eigenvalue weighted by molar-refractivity contribution is 6.03. The smallest absolute Gasteiger partial charge is 0.321 e. The second-order valence-electron chi connectivity index (χ2n) is 8.87. The lowest BCUT2D eigenvalue weighted by Gasteiger charge is -2.42. The Bertz CT molecular complexity index is 1260. The number of aromatic nitrogens is 2. The molecular weight excluding hydrogens is 418 g/mol. The largest absolute Gasteiger partial charge is 0.353 e. The number of rotatable bonds is 4. The molecule has 1 aromatic carbocycles. The molecule has 3 aromatic rings. The summed E-state index contributed by atoms with van der Waals surface area (Å²) in [6.07, 6.45) is 2.91. The summed E-state index contributed by atoms with van der Waals surface area (Å²) in [6, 6.07) is 16.1. The number of carbonyl (C=O) groups excluding carboxylic acids is 2. The normalized spacial score (nSPS) is 19.0. The van der Waals surface area contributed by atoms with Crippen LogP contribution in [0.15, 0.2) is 65.6 Å². The molecule has 4 heterocycles. The first-order valence-corrected chi connectivity index (χ1v) is 11.2. The van der Waals surface area contributed by atoms with Gasteiger partial charge in [0.15, 0.2) is 0 Å². The van der Waals surface area contributed by atoms with Crippen molar-refractivity contribution < 1.29 is 9.59 Å². The molecule has 8 nitrogen and oxygen atoms in total. The van der Waals surface area contributed by atoms with Crippen molar-refractivity contribution in [3.8, 4) is 0 Å². The zero-order valence-electron chi connectivity index (χ0n) is 18.5. The van der Waals surface area contributed by atoms with Gasteiger partial charge in [0.2, 0.25) is 0 Å². The van der Waals surface area contributed by atoms with E-state index >= 15 is 0 Å². The highest BCUT2D eigenvalue weighted by atomic mass is 16.2. The summed E-state index contributed by atoms with van der Waals surface area (Å²) in [5, 5.41) is 5.87. The molecule has 5 rings (SSSR count). The van der Waals surface area contributed by atoms with E-state index in [1.54, 1.807) is 41.3 Å². The van der Waals surface area contributed by atoms with Crippen molar-refractivity contribution in [2.45, 2.75) is 25.4 Å². The van der Waals surface area contributed by atoms with E-state index < -0.39 is 0 Å². The predicted octanol–water partition coefficient (Wildman–Crippen LogP) is 2.77. The van der Waals surface area contributed by atoms with Crippen molar-refractivity contribution in [3.63, 3.8) is 0 Å². The number of anilines is 1. The first-order valence-electron chi connectivity index (χ1n) is 11.2. The second-order valence-corrected chi connectivity index (χ2v) is 8.87. The maximum absolute atomic E-state index is 13.2. The molecule has 0 radical (unpaired) electrons. The van der Waals surface area contributed by atoms with E-state index in [2.05, 4.69) is 10.6 Å². The minimum Gasteiger partial charge on any atom is -0.353 e. The van der Waals surface area contributed by atoms with Crippen LogP contribution in [-0.4, -0.2) is 39.1 Å². The number of nitrogens with one attached hydrogen (secondary N) is 2. The molecule has 2 bridgehead atoms. The SMILES string of the molecule is Cn1cccc1CNC(=O)c1ccccc1NC(=O)N1CC2CC(C1)c1cccc(=O)n1C2. The van der Waals surface area contributed by atoms with Gasteiger partial charge in [-0.15, -0.1) is 0 Å². The quantitative estimate of drug-likeness (QED) is 0.647. The molecule has 1 fully saturated rings. The topological polar surface area (TPSA) is 88.4 Å². The van der Waals surface area contributed by atoms with Crippen LogP contribution in [0, 0.1) is 5.92 Å². The lowest BCUT2D eigenvalue weighted by Crippen LogP contribution is -2.50. The van der Waals surface area contributed by atoms with E-state index in [9.17, 15) is 14.4 Å². The zero-order chi connectivity index (χ0) is 22.9. The molecule has 2 aromatic heterocycles. The number of amides is 3. The average molecular weight is 446 g/mol. The number of hydrogen-bond donors (Lipinski definition) is 2. The number of nitrogens with zero attached hydrogens (tertiary/aromatic N) is 3. The first-order chi connectivity index (χ1) is 16.0. The van der Waals surface area contributed by atoms with E-state index in [0.717, 1.165) is 17.8 Å². The van der Waals surface area contributed by atoms with Gasteiger partial charge in [-0.05, 0) is 42.7 Å². The van der Waals surface area contributed by atoms with Gasteiger partial charge in [0.25, 0.3) is 11.5 Å². The van der Waals surface area contributed by atoms with Crippen molar-refractivity contribution in [1.29, 1.82) is 0 Å². The van der Waals surface area contributed by atoms with Gasteiger partial charge in [0.1, 0.15) is 0 Å². The summed E-state index contributed by atoms with van der Waals surface area (Å²) < 4.78 is 3.80. The Balaban J connectivity index is 1.28. The number of fused-ring (bicyclic) bond motifs is 4. The molecule has 2 N–H and O–H groups in total. The van der Waals surface area contributed by atoms with Crippen molar-refractivity contribution in [2.24, 2.45) is 13.0 Å². The Morgan fingerprint density at radius 3 is 2.67 bits per heavy atom. The molecule has 170 valence electrons. The van der Waals surface area contributed by atoms with Crippen LogP contribution in [0.4, 0.5) is 10.5 Å². The molecule has 1 saturated heterocycles. The van der Waals surface area contributed by atoms with Crippen molar-refractivity contribution >= 4 is 17.6 Å². The van der Waals surface area contributed by atoms with E-state index in [1.807, 2.05) is 40.6 Å². The Labute approximate surface area is 191 Å². The Hall–Kier alpha value is -3.81. The lowest BCUT2D eigenvalue weighted by atomic mass is 9.83. The van der Waals surface area contributed by atoms with Crippen LogP contribution >= 0.6 is 0 Å². The molecule has 2 unspecified atom stereocenters. The molecule has 2 aliphatic heterocycles. The van der Waals surface area contributed by atoms with Crippen molar-refractivity contribution in [1.82, 2.24) is 19.4 Å². The zero-order valence-corrected chi connectivity index (χ0v) is 18.5. The van der Waals surface area contributed by atoms with Crippen LogP contribution in [0.1, 0.15) is 34.1 Å². The van der Waals surface area contributed by atoms with Gasteiger partial charge in [-0.2, -0.15) is 0 Å². The summed E-state index contributed by atoms with van der Waals surface area (Å²) in [6.45, 7) is 2.17. The van der Waals surface area contributed by atoms with Crippen LogP contribution in [0.5, 0.6) is 0 Å². The number of aryl methyl sites for hydroxylation is 1. The first kappa shape index (κ1) is 21.1. The number of benzene rings is 1. The fraction of sp³-hybridized carbons (Fsp3) is 0.320. The van der Waals surface area contributed by atoms with Gasteiger partial charge < -0.3 is 24.7 Å². The molecule has 3 amide bonds. The minimum absolute atomic E-state index is 0.0235. The third-order valence-corrected chi connectivity index (χ3v) is 6.66. The number of likely N-dealkylation sites (tertiary alicyclic amines) is 1. The Morgan fingerprint density at radius 2 is 1.85 bits per heavy atom. The lowest BCUT2D eigenvalue weighted by molar-refractivity contribution is 0.0951. The van der Waals surface area contributed by atoms with E-state index in [0.29, 0.717) is 37.4 Å². The van der Waals surface area contributed by atoms with Crippen LogP contribution in [0.2, 0.25) is 0 Å². The third-order valence-electron chi connectivity index (χ3n) is 6.66. The maximum Gasteiger partial charge on any atom is 0.321 e. The highest BCUT2D eigenvalue weighted by Crippen LogP contribution is 2.35. The molecular formula is C25H27N5O3. The Morgan fingerprint density at radius 1 is 1.00 bits per heavy atom. The van der Waals surface area contributed by atoms with Gasteiger partial charge in [0, 0.05) is 56.3 Å². The summed E-state index contributed by atoms with van der Waals surface area (Å²) in [5.74, 6) is 0.142. The summed E-state index contributed by atoms with van der Waals surface area (Å²) >= 11 is 0. The monoisotopic (exact) mass is 445 g/mol. The minimum atomic E-state index is -0.240. The molecule has 2 aliphatic rings. The van der Waals surface area contributed by atoms with Gasteiger partial charge in [-0.1, -0.05) is 18.2 Å². The predicted molar refractivity (Wildman–Crippen MR) is 125 cm³/mol. The fourth-order valence-electron chi connectivity index (χ4n) is 4.99. The molecule has 8 heteroatoms. The molecule has 33 heavy (non-hydrogen) atoms. The average Bonchev–Trinajstić information content (AvgIpc) is 3.23. The van der Waals surface area contributed by atoms with Crippen LogP contribution in [-0.2, 0) is 20.1 Å². The summed E-state index contributed by atoms with van der Waals surface area (Å²) in [4.78, 5) is 40.0. The van der Waals surface area contributed by atoms with E-state index in [4.69, 9.17) is 0 Å². The Kier molecular flexibility index (Phi) is 5.50. The summed E-state index contributed by atoms with van der Waals surface area (Å²) in [7, 11) is 1.93. The molecule has 0 saturated carbocycles. The highest BCUT2D eigenvalue weighted by Gasteiger charge is 2.36. The van der Waals surface area contributed by atoms with Crippen LogP contribution in [0.3, 0.4) is 0 Å². The van der Waals surface area contributed by atoms with E-state index in [1.165, 1.54) is 0 Å². The third kappa shape index (κ3) is 4.16. The van der Waals surface area contributed by atoms with Gasteiger partial charge >= 0.3 is 6.03 Å². The summed E-state index contributed by atoms with van der Waals surface area (Å²) in [5.41, 5.74) is 2.92. The fourth-order valence-corrected chi connectivity index (χ4v) is 4.99. The molecule has 0 aliphatic carbocycles. The second kappa shape index (κ2) is 8.61. The van der Waals surface area contributed by atoms with Crippen LogP contribution < -0.4 is 16.2 Å². The van der Waals surface area contributed by atoms with Gasteiger partial charge in [0.05, 0.1) is 17.8 Å². The van der Waals surface area contributed by atoms with Crippen molar-refractivity contribution in [2.75, 3.05) is 18.4 Å². The molecule has 2 atom stereocenters. The number of hydrogen-bond acceptors (Lipinski definition) is 3. The molecule has 0 spiro atoms. The van der Waals surface area contributed by atoms with Crippen molar-refractivity contribution in [3.05, 3.63) is 88.1 Å². The van der Waals surface area contributed by atoms with Gasteiger partial charge in [-0.3, -0.25) is 9.59 Å².